The zero-order valence-electron chi connectivity index (χ0n) is 19.8. The second-order valence-corrected chi connectivity index (χ2v) is 9.78. The van der Waals surface area contributed by atoms with Crippen molar-refractivity contribution < 1.29 is 24.5 Å². The van der Waals surface area contributed by atoms with Gasteiger partial charge in [-0.3, -0.25) is 15.1 Å². The molecule has 3 rings (SSSR count). The number of ether oxygens (including phenoxy) is 1. The summed E-state index contributed by atoms with van der Waals surface area (Å²) in [6, 6.07) is 11.5. The van der Waals surface area contributed by atoms with Crippen molar-refractivity contribution in [3.05, 3.63) is 59.2 Å². The number of nitrogens with one attached hydrogen (secondary N) is 1. The molecule has 2 aromatic carbocycles. The zero-order chi connectivity index (χ0) is 24.6. The number of benzene rings is 2. The Morgan fingerprint density at radius 1 is 1.03 bits per heavy atom. The fourth-order valence-corrected chi connectivity index (χ4v) is 4.22. The molecule has 33 heavy (non-hydrogen) atoms. The van der Waals surface area contributed by atoms with Crippen LogP contribution in [-0.2, 0) is 20.4 Å². The Labute approximate surface area is 194 Å². The monoisotopic (exact) mass is 451 g/mol. The molecule has 2 aromatic rings. The van der Waals surface area contributed by atoms with E-state index in [9.17, 15) is 19.8 Å². The summed E-state index contributed by atoms with van der Waals surface area (Å²) in [4.78, 5) is 25.8. The first-order valence-corrected chi connectivity index (χ1v) is 11.1. The Balaban J connectivity index is 2.12. The first-order chi connectivity index (χ1) is 15.4. The second kappa shape index (κ2) is 8.98. The van der Waals surface area contributed by atoms with E-state index in [1.807, 2.05) is 18.2 Å². The summed E-state index contributed by atoms with van der Waals surface area (Å²) in [7, 11) is 0. The Morgan fingerprint density at radius 3 is 2.12 bits per heavy atom. The highest BCUT2D eigenvalue weighted by atomic mass is 16.6. The van der Waals surface area contributed by atoms with E-state index in [1.54, 1.807) is 6.92 Å². The van der Waals surface area contributed by atoms with Crippen molar-refractivity contribution in [1.29, 1.82) is 5.41 Å². The van der Waals surface area contributed by atoms with Crippen molar-refractivity contribution in [3.63, 3.8) is 0 Å². The molecule has 1 aliphatic carbocycles. The van der Waals surface area contributed by atoms with Gasteiger partial charge in [0, 0.05) is 17.8 Å². The van der Waals surface area contributed by atoms with E-state index < -0.39 is 24.1 Å². The van der Waals surface area contributed by atoms with E-state index in [2.05, 4.69) is 27.7 Å². The lowest BCUT2D eigenvalue weighted by Crippen LogP contribution is -2.37. The molecular formula is C26H31N2O5-. The third kappa shape index (κ3) is 4.93. The predicted octanol–water partition coefficient (Wildman–Crippen LogP) is 3.79. The van der Waals surface area contributed by atoms with Crippen LogP contribution in [0.2, 0.25) is 0 Å². The fraction of sp³-hybridized carbons (Fsp3) is 0.423. The van der Waals surface area contributed by atoms with Gasteiger partial charge in [-0.25, -0.2) is 0 Å². The molecule has 0 bridgehead atoms. The lowest BCUT2D eigenvalue weighted by atomic mass is 9.63. The molecule has 0 saturated heterocycles. The molecule has 1 atom stereocenters. The van der Waals surface area contributed by atoms with Crippen molar-refractivity contribution in [2.75, 3.05) is 4.90 Å². The molecule has 0 fully saturated rings. The number of nitrogens with zero attached hydrogens (tertiary/aromatic N) is 1. The maximum atomic E-state index is 13.3. The zero-order valence-corrected chi connectivity index (χ0v) is 19.8. The van der Waals surface area contributed by atoms with Gasteiger partial charge in [0.15, 0.2) is 6.29 Å². The molecule has 2 N–H and O–H groups in total. The van der Waals surface area contributed by atoms with Crippen LogP contribution in [0.25, 0.3) is 0 Å². The highest BCUT2D eigenvalue weighted by molar-refractivity contribution is 6.41. The SMILES string of the molecule is CCC(O)OC(=N)C(=O)N(c1ccc(C(=O)[O-])cc1)c1ccc2c(c1)C(C)(C)CCC2(C)C. The predicted molar refractivity (Wildman–Crippen MR) is 125 cm³/mol. The number of aliphatic hydroxyl groups excluding tert-OH is 1. The number of carbonyl (C=O) groups excluding carboxylic acids is 2. The van der Waals surface area contributed by atoms with Gasteiger partial charge >= 0.3 is 5.91 Å². The van der Waals surface area contributed by atoms with E-state index >= 15 is 0 Å². The highest BCUT2D eigenvalue weighted by Gasteiger charge is 2.38. The van der Waals surface area contributed by atoms with Crippen LogP contribution in [0.1, 0.15) is 75.4 Å². The molecular weight excluding hydrogens is 420 g/mol. The molecule has 7 nitrogen and oxygen atoms in total. The summed E-state index contributed by atoms with van der Waals surface area (Å²) in [6.45, 7) is 10.4. The number of carboxylic acids is 1. The van der Waals surface area contributed by atoms with E-state index in [0.717, 1.165) is 18.4 Å². The first-order valence-electron chi connectivity index (χ1n) is 11.1. The molecule has 7 heteroatoms. The Bertz CT molecular complexity index is 1070. The van der Waals surface area contributed by atoms with Gasteiger partial charge in [-0.05, 0) is 64.6 Å². The molecule has 0 aliphatic heterocycles. The van der Waals surface area contributed by atoms with Crippen LogP contribution in [0.4, 0.5) is 11.4 Å². The Kier molecular flexibility index (Phi) is 6.65. The Morgan fingerprint density at radius 2 is 1.58 bits per heavy atom. The summed E-state index contributed by atoms with van der Waals surface area (Å²) >= 11 is 0. The minimum Gasteiger partial charge on any atom is -0.545 e. The van der Waals surface area contributed by atoms with Crippen molar-refractivity contribution in [2.24, 2.45) is 0 Å². The van der Waals surface area contributed by atoms with Gasteiger partial charge in [0.1, 0.15) is 0 Å². The molecule has 0 heterocycles. The largest absolute Gasteiger partial charge is 0.545 e. The Hall–Kier alpha value is -3.19. The minimum atomic E-state index is -1.32. The van der Waals surface area contributed by atoms with Crippen LogP contribution < -0.4 is 10.0 Å². The number of aliphatic hydroxyl groups is 1. The third-order valence-electron chi connectivity index (χ3n) is 6.46. The number of amides is 1. The van der Waals surface area contributed by atoms with E-state index in [0.29, 0.717) is 11.4 Å². The third-order valence-corrected chi connectivity index (χ3v) is 6.46. The van der Waals surface area contributed by atoms with Crippen LogP contribution in [0.15, 0.2) is 42.5 Å². The average molecular weight is 452 g/mol. The second-order valence-electron chi connectivity index (χ2n) is 9.78. The number of carbonyl (C=O) groups is 2. The molecule has 0 spiro atoms. The number of fused-ring (bicyclic) bond motifs is 1. The highest BCUT2D eigenvalue weighted by Crippen LogP contribution is 2.47. The van der Waals surface area contributed by atoms with Gasteiger partial charge in [-0.2, -0.15) is 0 Å². The van der Waals surface area contributed by atoms with Crippen molar-refractivity contribution >= 4 is 29.1 Å². The van der Waals surface area contributed by atoms with Crippen LogP contribution in [-0.4, -0.2) is 29.2 Å². The number of carboxylic acid groups (broad SMARTS) is 1. The van der Waals surface area contributed by atoms with Gasteiger partial charge in [0.2, 0.25) is 0 Å². The summed E-state index contributed by atoms with van der Waals surface area (Å²) < 4.78 is 5.08. The quantitative estimate of drug-likeness (QED) is 0.408. The van der Waals surface area contributed by atoms with Gasteiger partial charge < -0.3 is 19.7 Å². The number of hydrogen-bond acceptors (Lipinski definition) is 6. The maximum Gasteiger partial charge on any atom is 0.317 e. The summed E-state index contributed by atoms with van der Waals surface area (Å²) in [6.07, 6.45) is 0.990. The normalized spacial score (nSPS) is 16.9. The van der Waals surface area contributed by atoms with Crippen molar-refractivity contribution in [3.8, 4) is 0 Å². The molecule has 1 amide bonds. The van der Waals surface area contributed by atoms with E-state index in [4.69, 9.17) is 10.1 Å². The van der Waals surface area contributed by atoms with Crippen LogP contribution in [0.3, 0.4) is 0 Å². The standard InChI is InChI=1S/C26H32N2O5/c1-6-21(29)33-22(27)23(30)28(17-9-7-16(8-10-17)24(31)32)18-11-12-19-20(15-18)26(4,5)14-13-25(19,2)3/h7-12,15,21,27,29H,6,13-14H2,1-5H3,(H,31,32)/p-1. The fourth-order valence-electron chi connectivity index (χ4n) is 4.22. The minimum absolute atomic E-state index is 0.00455. The number of hydrogen-bond donors (Lipinski definition) is 2. The van der Waals surface area contributed by atoms with Gasteiger partial charge in [-0.15, -0.1) is 0 Å². The maximum absolute atomic E-state index is 13.3. The number of rotatable bonds is 5. The molecule has 176 valence electrons. The first kappa shape index (κ1) is 24.5. The summed E-state index contributed by atoms with van der Waals surface area (Å²) in [5, 5.41) is 29.1. The van der Waals surface area contributed by atoms with Gasteiger partial charge in [-0.1, -0.05) is 52.8 Å². The molecule has 1 unspecified atom stereocenters. The molecule has 1 aliphatic rings. The summed E-state index contributed by atoms with van der Waals surface area (Å²) in [5.41, 5.74) is 3.12. The van der Waals surface area contributed by atoms with Crippen molar-refractivity contribution in [1.82, 2.24) is 0 Å². The molecule has 0 saturated carbocycles. The summed E-state index contributed by atoms with van der Waals surface area (Å²) in [5.74, 6) is -2.79. The molecule has 0 radical (unpaired) electrons. The van der Waals surface area contributed by atoms with Crippen LogP contribution >= 0.6 is 0 Å². The smallest absolute Gasteiger partial charge is 0.317 e. The van der Waals surface area contributed by atoms with Crippen LogP contribution in [0, 0.1) is 5.41 Å². The number of anilines is 2. The molecule has 0 aromatic heterocycles. The van der Waals surface area contributed by atoms with E-state index in [-0.39, 0.29) is 22.8 Å². The lowest BCUT2D eigenvalue weighted by Gasteiger charge is -2.42. The lowest BCUT2D eigenvalue weighted by molar-refractivity contribution is -0.255. The average Bonchev–Trinajstić information content (AvgIpc) is 2.77. The van der Waals surface area contributed by atoms with E-state index in [1.165, 1.54) is 34.7 Å². The van der Waals surface area contributed by atoms with Crippen LogP contribution in [0.5, 0.6) is 0 Å². The van der Waals surface area contributed by atoms with Crippen molar-refractivity contribution in [2.45, 2.75) is 71.0 Å². The topological polar surface area (TPSA) is 114 Å². The van der Waals surface area contributed by atoms with Gasteiger partial charge in [0.05, 0.1) is 5.97 Å². The van der Waals surface area contributed by atoms with Gasteiger partial charge in [0.25, 0.3) is 5.90 Å². The number of aromatic carboxylic acids is 1.